The number of ketones is 2. The van der Waals surface area contributed by atoms with Crippen molar-refractivity contribution in [1.29, 1.82) is 0 Å². The summed E-state index contributed by atoms with van der Waals surface area (Å²) in [4.78, 5) is 94.0. The number of piperazine rings is 1. The maximum Gasteiger partial charge on any atom is 0.417 e. The number of nitrogens with one attached hydrogen (secondary N) is 3. The van der Waals surface area contributed by atoms with Gasteiger partial charge in [0, 0.05) is 75.7 Å². The normalized spacial score (nSPS) is 21.5. The van der Waals surface area contributed by atoms with Crippen molar-refractivity contribution < 1.29 is 46.7 Å². The lowest BCUT2D eigenvalue weighted by Gasteiger charge is -2.34. The van der Waals surface area contributed by atoms with Crippen LogP contribution in [0.25, 0.3) is 0 Å². The number of hydrogen-bond donors (Lipinski definition) is 3. The fourth-order valence-electron chi connectivity index (χ4n) is 7.00. The Balaban J connectivity index is 0.958. The predicted octanol–water partition coefficient (Wildman–Crippen LogP) is 3.16. The summed E-state index contributed by atoms with van der Waals surface area (Å²) in [6.45, 7) is 3.27. The summed E-state index contributed by atoms with van der Waals surface area (Å²) in [7, 11) is 0. The first kappa shape index (κ1) is 38.1. The third-order valence-corrected chi connectivity index (χ3v) is 10.4. The number of piperidine rings is 1. The Morgan fingerprint density at radius 1 is 0.925 bits per heavy atom. The average molecular weight is 778 g/mol. The summed E-state index contributed by atoms with van der Waals surface area (Å²) in [5.41, 5.74) is -1.03. The van der Waals surface area contributed by atoms with Gasteiger partial charge < -0.3 is 10.6 Å². The van der Waals surface area contributed by atoms with Crippen LogP contribution >= 0.6 is 23.2 Å². The van der Waals surface area contributed by atoms with Gasteiger partial charge in [0.15, 0.2) is 11.6 Å². The van der Waals surface area contributed by atoms with Crippen LogP contribution in [0.1, 0.15) is 63.4 Å². The van der Waals surface area contributed by atoms with Gasteiger partial charge in [-0.25, -0.2) is 0 Å². The molecule has 0 spiro atoms. The molecule has 3 heterocycles. The zero-order chi connectivity index (χ0) is 38.2. The van der Waals surface area contributed by atoms with Gasteiger partial charge in [-0.1, -0.05) is 29.3 Å². The van der Waals surface area contributed by atoms with E-state index in [1.54, 1.807) is 0 Å². The second-order valence-electron chi connectivity index (χ2n) is 13.1. The summed E-state index contributed by atoms with van der Waals surface area (Å²) >= 11 is 12.2. The molecule has 3 aliphatic heterocycles. The van der Waals surface area contributed by atoms with E-state index in [0.29, 0.717) is 39.3 Å². The lowest BCUT2D eigenvalue weighted by atomic mass is 9.79. The highest BCUT2D eigenvalue weighted by molar-refractivity contribution is 6.37. The number of alkyl halides is 3. The fraction of sp³-hybridized carbons (Fsp3) is 0.400. The first-order chi connectivity index (χ1) is 25.1. The molecule has 5 amide bonds. The van der Waals surface area contributed by atoms with Crippen molar-refractivity contribution in [2.24, 2.45) is 0 Å². The molecule has 53 heavy (non-hydrogen) atoms. The third-order valence-electron chi connectivity index (χ3n) is 9.70. The van der Waals surface area contributed by atoms with Crippen LogP contribution in [0, 0.1) is 0 Å². The molecule has 3 fully saturated rings. The van der Waals surface area contributed by atoms with Gasteiger partial charge in [-0.15, -0.1) is 0 Å². The minimum Gasteiger partial charge on any atom is -0.389 e. The van der Waals surface area contributed by atoms with Crippen molar-refractivity contribution in [3.63, 3.8) is 0 Å². The fourth-order valence-corrected chi connectivity index (χ4v) is 7.79. The van der Waals surface area contributed by atoms with Crippen LogP contribution in [0.15, 0.2) is 42.1 Å². The van der Waals surface area contributed by atoms with Crippen LogP contribution in [-0.2, 0) is 30.1 Å². The van der Waals surface area contributed by atoms with E-state index in [1.165, 1.54) is 24.4 Å². The van der Waals surface area contributed by atoms with Crippen LogP contribution in [0.4, 0.5) is 18.9 Å². The number of halogens is 5. The number of allylic oxidation sites excluding steroid dienone is 1. The number of carbonyl (C=O) groups excluding carboxylic acids is 7. The maximum absolute atomic E-state index is 13.4. The highest BCUT2D eigenvalue weighted by atomic mass is 35.5. The van der Waals surface area contributed by atoms with E-state index in [9.17, 15) is 46.7 Å². The second kappa shape index (κ2) is 15.4. The van der Waals surface area contributed by atoms with Gasteiger partial charge in [0.2, 0.25) is 17.7 Å². The van der Waals surface area contributed by atoms with Gasteiger partial charge in [0.25, 0.3) is 11.8 Å². The average Bonchev–Trinajstić information content (AvgIpc) is 3.33. The smallest absolute Gasteiger partial charge is 0.389 e. The van der Waals surface area contributed by atoms with Gasteiger partial charge in [0.1, 0.15) is 6.04 Å². The molecular formula is C35H33Cl2F3N6O7. The quantitative estimate of drug-likeness (QED) is 0.149. The molecule has 0 aromatic heterocycles. The van der Waals surface area contributed by atoms with Gasteiger partial charge in [-0.3, -0.25) is 53.6 Å². The molecule has 1 saturated carbocycles. The lowest BCUT2D eigenvalue weighted by molar-refractivity contribution is -0.138. The van der Waals surface area contributed by atoms with Crippen molar-refractivity contribution in [2.75, 3.05) is 51.1 Å². The zero-order valence-electron chi connectivity index (χ0n) is 28.0. The first-order valence-corrected chi connectivity index (χ1v) is 17.5. The molecule has 18 heteroatoms. The topological polar surface area (TPSA) is 165 Å². The van der Waals surface area contributed by atoms with Gasteiger partial charge >= 0.3 is 6.18 Å². The minimum atomic E-state index is -4.73. The number of benzene rings is 2. The zero-order valence-corrected chi connectivity index (χ0v) is 29.5. The van der Waals surface area contributed by atoms with Crippen LogP contribution < -0.4 is 16.0 Å². The predicted molar refractivity (Wildman–Crippen MR) is 184 cm³/mol. The number of Topliss-reactive ketones (excluding diaryl/α,β-unsaturated/α-hetero) is 2. The standard InChI is InChI=1S/C35H33Cl2F3N6O7/c36-22-5-4-21(35(38,39)40)31(37)29(22)18-14-25(47)20(26(48)15-18)16-41-8-9-44-10-12-45(13-11-44)17-28(50)42-23-3-1-2-19-30(23)34(53)46(33(19)52)24-6-7-27(49)43-32(24)51/h1-5,16,18,24,41H,6-15,17H2,(H,42,50)(H,43,49,51). The van der Waals surface area contributed by atoms with Crippen LogP contribution in [0.2, 0.25) is 10.0 Å². The second-order valence-corrected chi connectivity index (χ2v) is 13.9. The molecule has 3 N–H and O–H groups in total. The molecule has 6 rings (SSSR count). The lowest BCUT2D eigenvalue weighted by Crippen LogP contribution is -2.54. The number of rotatable bonds is 9. The van der Waals surface area contributed by atoms with Crippen LogP contribution in [0.3, 0.4) is 0 Å². The molecule has 0 bridgehead atoms. The molecule has 4 aliphatic rings. The Labute approximate surface area is 310 Å². The van der Waals surface area contributed by atoms with Crippen molar-refractivity contribution in [1.82, 2.24) is 25.3 Å². The Morgan fingerprint density at radius 3 is 2.26 bits per heavy atom. The number of carbonyl (C=O) groups is 7. The first-order valence-electron chi connectivity index (χ1n) is 16.8. The summed E-state index contributed by atoms with van der Waals surface area (Å²) in [5.74, 6) is -4.95. The number of imide groups is 2. The molecule has 2 aromatic carbocycles. The molecular weight excluding hydrogens is 744 g/mol. The maximum atomic E-state index is 13.4. The van der Waals surface area contributed by atoms with E-state index in [-0.39, 0.29) is 65.2 Å². The summed E-state index contributed by atoms with van der Waals surface area (Å²) in [6.07, 6.45) is -3.84. The van der Waals surface area contributed by atoms with E-state index in [2.05, 4.69) is 20.9 Å². The Hall–Kier alpha value is -4.64. The van der Waals surface area contributed by atoms with E-state index in [4.69, 9.17) is 23.2 Å². The van der Waals surface area contributed by atoms with Crippen molar-refractivity contribution >= 4 is 70.0 Å². The minimum absolute atomic E-state index is 0.0104. The van der Waals surface area contributed by atoms with E-state index in [0.717, 1.165) is 17.0 Å². The molecule has 1 unspecified atom stereocenters. The Bertz CT molecular complexity index is 1930. The number of fused-ring (bicyclic) bond motifs is 1. The molecule has 1 aliphatic carbocycles. The monoisotopic (exact) mass is 776 g/mol. The molecule has 2 aromatic rings. The van der Waals surface area contributed by atoms with Crippen LogP contribution in [0.5, 0.6) is 0 Å². The third kappa shape index (κ3) is 8.00. The highest BCUT2D eigenvalue weighted by Gasteiger charge is 2.46. The summed E-state index contributed by atoms with van der Waals surface area (Å²) in [6, 6.07) is 5.17. The Morgan fingerprint density at radius 2 is 1.60 bits per heavy atom. The largest absolute Gasteiger partial charge is 0.417 e. The molecule has 0 radical (unpaired) electrons. The number of nitrogens with zero attached hydrogens (tertiary/aromatic N) is 3. The molecule has 1 atom stereocenters. The highest BCUT2D eigenvalue weighted by Crippen LogP contribution is 2.45. The molecule has 13 nitrogen and oxygen atoms in total. The number of anilines is 1. The molecule has 2 saturated heterocycles. The van der Waals surface area contributed by atoms with E-state index < -0.39 is 69.8 Å². The van der Waals surface area contributed by atoms with E-state index >= 15 is 0 Å². The number of amides is 5. The van der Waals surface area contributed by atoms with Gasteiger partial charge in [0.05, 0.1) is 39.5 Å². The van der Waals surface area contributed by atoms with E-state index in [1.807, 2.05) is 4.90 Å². The molecule has 280 valence electrons. The van der Waals surface area contributed by atoms with Gasteiger partial charge in [-0.05, 0) is 36.2 Å². The van der Waals surface area contributed by atoms with Crippen molar-refractivity contribution in [3.8, 4) is 0 Å². The summed E-state index contributed by atoms with van der Waals surface area (Å²) in [5, 5.41) is 7.19. The van der Waals surface area contributed by atoms with Crippen molar-refractivity contribution in [3.05, 3.63) is 74.4 Å². The summed E-state index contributed by atoms with van der Waals surface area (Å²) < 4.78 is 40.2. The van der Waals surface area contributed by atoms with Crippen molar-refractivity contribution in [2.45, 2.75) is 43.8 Å². The van der Waals surface area contributed by atoms with Crippen LogP contribution in [-0.4, -0.2) is 108 Å². The van der Waals surface area contributed by atoms with Gasteiger partial charge in [-0.2, -0.15) is 13.2 Å². The number of hydrogen-bond acceptors (Lipinski definition) is 10. The SMILES string of the molecule is O=C1CCC(N2C(=O)c3cccc(NC(=O)CN4CCN(CCNC=C5C(=O)CC(c6c(Cl)ccc(C(F)(F)F)c6Cl)CC5=O)CC4)c3C2=O)C(=O)N1. The Kier molecular flexibility index (Phi) is 11.1.